The molecule has 130 valence electrons. The van der Waals surface area contributed by atoms with E-state index in [2.05, 4.69) is 76.8 Å². The third kappa shape index (κ3) is 3.65. The number of fused-ring (bicyclic) bond motifs is 1. The van der Waals surface area contributed by atoms with Gasteiger partial charge >= 0.3 is 0 Å². The fraction of sp³-hybridized carbons (Fsp3) is 0.381. The lowest BCUT2D eigenvalue weighted by molar-refractivity contribution is 0.0393. The van der Waals surface area contributed by atoms with Crippen LogP contribution in [0.2, 0.25) is 0 Å². The number of aryl methyl sites for hydroxylation is 1. The summed E-state index contributed by atoms with van der Waals surface area (Å²) in [5, 5.41) is 0. The minimum absolute atomic E-state index is 0.851. The SMILES string of the molecule is Cc1ccccc1CN1[C]N(CCN2CCOCC2)c2ccccc21. The molecule has 2 radical (unpaired) electrons. The molecule has 0 atom stereocenters. The summed E-state index contributed by atoms with van der Waals surface area (Å²) < 4.78 is 5.44. The number of hydrogen-bond acceptors (Lipinski definition) is 4. The second-order valence-corrected chi connectivity index (χ2v) is 6.71. The summed E-state index contributed by atoms with van der Waals surface area (Å²) in [7, 11) is 0. The van der Waals surface area contributed by atoms with Crippen LogP contribution in [0, 0.1) is 13.6 Å². The Bertz CT molecular complexity index is 712. The standard InChI is InChI=1S/C21H25N3O/c1-18-6-2-3-7-19(18)16-24-17-23(20-8-4-5-9-21(20)24)11-10-22-12-14-25-15-13-22/h2-9H,10-16H2,1H3. The van der Waals surface area contributed by atoms with Gasteiger partial charge in [-0.3, -0.25) is 4.90 Å². The van der Waals surface area contributed by atoms with E-state index in [9.17, 15) is 0 Å². The minimum atomic E-state index is 0.851. The zero-order valence-electron chi connectivity index (χ0n) is 14.8. The molecule has 2 aliphatic heterocycles. The quantitative estimate of drug-likeness (QED) is 0.835. The van der Waals surface area contributed by atoms with E-state index < -0.39 is 0 Å². The van der Waals surface area contributed by atoms with Gasteiger partial charge in [-0.15, -0.1) is 0 Å². The smallest absolute Gasteiger partial charge is 0.209 e. The summed E-state index contributed by atoms with van der Waals surface area (Å²) in [4.78, 5) is 6.98. The molecule has 0 amide bonds. The molecule has 4 heteroatoms. The van der Waals surface area contributed by atoms with Crippen LogP contribution in [-0.4, -0.2) is 44.3 Å². The number of benzene rings is 2. The maximum absolute atomic E-state index is 5.44. The summed E-state index contributed by atoms with van der Waals surface area (Å²) in [6, 6.07) is 17.2. The number of ether oxygens (including phenoxy) is 1. The minimum Gasteiger partial charge on any atom is -0.379 e. The first-order chi connectivity index (χ1) is 12.3. The first-order valence-corrected chi connectivity index (χ1v) is 9.06. The Balaban J connectivity index is 1.46. The molecular weight excluding hydrogens is 310 g/mol. The molecular formula is C21H25N3O. The monoisotopic (exact) mass is 335 g/mol. The first kappa shape index (κ1) is 16.4. The Morgan fingerprint density at radius 2 is 1.56 bits per heavy atom. The normalized spacial score (nSPS) is 17.8. The van der Waals surface area contributed by atoms with Crippen LogP contribution in [-0.2, 0) is 11.3 Å². The fourth-order valence-electron chi connectivity index (χ4n) is 3.49. The summed E-state index contributed by atoms with van der Waals surface area (Å²) in [5.41, 5.74) is 5.17. The lowest BCUT2D eigenvalue weighted by Crippen LogP contribution is -2.41. The summed E-state index contributed by atoms with van der Waals surface area (Å²) in [6.07, 6.45) is 0. The van der Waals surface area contributed by atoms with E-state index in [1.807, 2.05) is 0 Å². The van der Waals surface area contributed by atoms with Gasteiger partial charge in [0, 0.05) is 32.7 Å². The van der Waals surface area contributed by atoms with Gasteiger partial charge in [-0.05, 0) is 30.2 Å². The summed E-state index contributed by atoms with van der Waals surface area (Å²) in [6.45, 7) is 12.4. The van der Waals surface area contributed by atoms with Crippen molar-refractivity contribution in [3.8, 4) is 0 Å². The molecule has 0 N–H and O–H groups in total. The van der Waals surface area contributed by atoms with Gasteiger partial charge in [-0.2, -0.15) is 0 Å². The van der Waals surface area contributed by atoms with Crippen LogP contribution in [0.25, 0.3) is 0 Å². The van der Waals surface area contributed by atoms with Crippen LogP contribution < -0.4 is 9.80 Å². The molecule has 0 spiro atoms. The van der Waals surface area contributed by atoms with Crippen molar-refractivity contribution in [3.05, 3.63) is 66.3 Å². The second-order valence-electron chi connectivity index (χ2n) is 6.71. The number of anilines is 2. The molecule has 4 nitrogen and oxygen atoms in total. The van der Waals surface area contributed by atoms with Gasteiger partial charge in [0.25, 0.3) is 0 Å². The maximum Gasteiger partial charge on any atom is 0.209 e. The molecule has 4 rings (SSSR count). The van der Waals surface area contributed by atoms with Gasteiger partial charge in [0.2, 0.25) is 6.67 Å². The van der Waals surface area contributed by atoms with Crippen molar-refractivity contribution >= 4 is 11.4 Å². The van der Waals surface area contributed by atoms with E-state index in [1.165, 1.54) is 22.5 Å². The Morgan fingerprint density at radius 3 is 2.32 bits per heavy atom. The molecule has 0 aromatic heterocycles. The molecule has 2 heterocycles. The van der Waals surface area contributed by atoms with Crippen LogP contribution in [0.5, 0.6) is 0 Å². The Morgan fingerprint density at radius 1 is 0.880 bits per heavy atom. The number of para-hydroxylation sites is 2. The van der Waals surface area contributed by atoms with Crippen LogP contribution in [0.15, 0.2) is 48.5 Å². The van der Waals surface area contributed by atoms with Crippen LogP contribution in [0.4, 0.5) is 11.4 Å². The van der Waals surface area contributed by atoms with E-state index >= 15 is 0 Å². The molecule has 2 aliphatic rings. The van der Waals surface area contributed by atoms with Crippen LogP contribution >= 0.6 is 0 Å². The van der Waals surface area contributed by atoms with Crippen LogP contribution in [0.1, 0.15) is 11.1 Å². The zero-order chi connectivity index (χ0) is 17.1. The largest absolute Gasteiger partial charge is 0.379 e. The van der Waals surface area contributed by atoms with Gasteiger partial charge < -0.3 is 14.5 Å². The number of morpholine rings is 1. The molecule has 0 aliphatic carbocycles. The van der Waals surface area contributed by atoms with E-state index in [0.717, 1.165) is 45.9 Å². The predicted octanol–water partition coefficient (Wildman–Crippen LogP) is 3.15. The Kier molecular flexibility index (Phi) is 4.90. The van der Waals surface area contributed by atoms with Gasteiger partial charge in [0.15, 0.2) is 0 Å². The van der Waals surface area contributed by atoms with Crippen molar-refractivity contribution in [2.75, 3.05) is 49.2 Å². The van der Waals surface area contributed by atoms with Gasteiger partial charge in [-0.1, -0.05) is 36.4 Å². The highest BCUT2D eigenvalue weighted by molar-refractivity contribution is 5.78. The number of rotatable bonds is 5. The molecule has 0 saturated carbocycles. The average Bonchev–Trinajstić information content (AvgIpc) is 3.01. The molecule has 25 heavy (non-hydrogen) atoms. The highest BCUT2D eigenvalue weighted by Crippen LogP contribution is 2.38. The number of hydrogen-bond donors (Lipinski definition) is 0. The van der Waals surface area contributed by atoms with Crippen molar-refractivity contribution in [3.63, 3.8) is 0 Å². The van der Waals surface area contributed by atoms with Crippen molar-refractivity contribution in [1.29, 1.82) is 0 Å². The predicted molar refractivity (Wildman–Crippen MR) is 102 cm³/mol. The topological polar surface area (TPSA) is 19.0 Å². The van der Waals surface area contributed by atoms with Crippen LogP contribution in [0.3, 0.4) is 0 Å². The third-order valence-electron chi connectivity index (χ3n) is 5.04. The maximum atomic E-state index is 5.44. The lowest BCUT2D eigenvalue weighted by Gasteiger charge is -2.29. The van der Waals surface area contributed by atoms with Crippen molar-refractivity contribution in [2.45, 2.75) is 13.5 Å². The van der Waals surface area contributed by atoms with Crippen molar-refractivity contribution in [2.24, 2.45) is 0 Å². The fourth-order valence-corrected chi connectivity index (χ4v) is 3.49. The van der Waals surface area contributed by atoms with Gasteiger partial charge in [0.1, 0.15) is 0 Å². The average molecular weight is 335 g/mol. The highest BCUT2D eigenvalue weighted by atomic mass is 16.5. The van der Waals surface area contributed by atoms with E-state index in [0.29, 0.717) is 0 Å². The molecule has 0 unspecified atom stereocenters. The molecule has 1 fully saturated rings. The van der Waals surface area contributed by atoms with Crippen molar-refractivity contribution < 1.29 is 4.74 Å². The summed E-state index contributed by atoms with van der Waals surface area (Å²) in [5.74, 6) is 0. The van der Waals surface area contributed by atoms with Gasteiger partial charge in [-0.25, -0.2) is 0 Å². The zero-order valence-corrected chi connectivity index (χ0v) is 14.8. The lowest BCUT2D eigenvalue weighted by atomic mass is 10.1. The highest BCUT2D eigenvalue weighted by Gasteiger charge is 2.27. The molecule has 0 bridgehead atoms. The molecule has 2 aromatic rings. The Hall–Kier alpha value is -2.04. The summed E-state index contributed by atoms with van der Waals surface area (Å²) >= 11 is 0. The van der Waals surface area contributed by atoms with Gasteiger partial charge in [0.05, 0.1) is 24.6 Å². The second kappa shape index (κ2) is 7.46. The van der Waals surface area contributed by atoms with Crippen molar-refractivity contribution in [1.82, 2.24) is 4.90 Å². The first-order valence-electron chi connectivity index (χ1n) is 9.06. The number of nitrogens with zero attached hydrogens (tertiary/aromatic N) is 3. The van der Waals surface area contributed by atoms with E-state index in [1.54, 1.807) is 0 Å². The van der Waals surface area contributed by atoms with E-state index in [4.69, 9.17) is 4.74 Å². The third-order valence-corrected chi connectivity index (χ3v) is 5.04. The Labute approximate surface area is 150 Å². The van der Waals surface area contributed by atoms with E-state index in [-0.39, 0.29) is 0 Å². The molecule has 2 aromatic carbocycles. The molecule has 1 saturated heterocycles.